The highest BCUT2D eigenvalue weighted by atomic mass is 16.6. The van der Waals surface area contributed by atoms with E-state index in [1.54, 1.807) is 6.08 Å². The first kappa shape index (κ1) is 19.1. The van der Waals surface area contributed by atoms with Crippen molar-refractivity contribution in [3.05, 3.63) is 102 Å². The number of rotatable bonds is 5. The molecule has 1 spiro atoms. The second-order valence-electron chi connectivity index (χ2n) is 7.78. The molecule has 3 aromatic rings. The molecule has 5 rings (SSSR count). The van der Waals surface area contributed by atoms with Gasteiger partial charge in [-0.25, -0.2) is 9.69 Å². The average Bonchev–Trinajstić information content (AvgIpc) is 3.50. The molecule has 2 amide bonds. The van der Waals surface area contributed by atoms with Gasteiger partial charge in [0, 0.05) is 6.08 Å². The molecule has 1 aliphatic carbocycles. The van der Waals surface area contributed by atoms with Crippen molar-refractivity contribution in [1.29, 1.82) is 0 Å². The molecule has 1 heterocycles. The average molecular weight is 411 g/mol. The molecule has 0 bridgehead atoms. The zero-order valence-corrected chi connectivity index (χ0v) is 16.8. The Morgan fingerprint density at radius 2 is 1.61 bits per heavy atom. The van der Waals surface area contributed by atoms with Crippen LogP contribution in [-0.2, 0) is 9.53 Å². The van der Waals surface area contributed by atoms with Crippen LogP contribution in [0.4, 0.5) is 4.79 Å². The summed E-state index contributed by atoms with van der Waals surface area (Å²) in [4.78, 5) is 26.8. The van der Waals surface area contributed by atoms with Crippen LogP contribution in [0.3, 0.4) is 0 Å². The van der Waals surface area contributed by atoms with Gasteiger partial charge in [-0.15, -0.1) is 0 Å². The molecule has 0 radical (unpaired) electrons. The van der Waals surface area contributed by atoms with Crippen LogP contribution in [0.2, 0.25) is 0 Å². The van der Waals surface area contributed by atoms with Gasteiger partial charge in [-0.05, 0) is 54.3 Å². The predicted octanol–water partition coefficient (Wildman–Crippen LogP) is 5.74. The number of benzene rings is 3. The summed E-state index contributed by atoms with van der Waals surface area (Å²) in [5.41, 5.74) is 1.13. The van der Waals surface area contributed by atoms with Gasteiger partial charge in [0.05, 0.1) is 0 Å². The van der Waals surface area contributed by atoms with Crippen molar-refractivity contribution < 1.29 is 19.1 Å². The lowest BCUT2D eigenvalue weighted by Gasteiger charge is -2.22. The molecule has 1 saturated carbocycles. The van der Waals surface area contributed by atoms with Crippen LogP contribution < -0.4 is 4.74 Å². The summed E-state index contributed by atoms with van der Waals surface area (Å²) < 4.78 is 11.5. The number of ether oxygens (including phenoxy) is 2. The van der Waals surface area contributed by atoms with Gasteiger partial charge >= 0.3 is 6.09 Å². The Bertz CT molecular complexity index is 1140. The highest BCUT2D eigenvalue weighted by Gasteiger charge is 2.63. The fourth-order valence-corrected chi connectivity index (χ4v) is 3.98. The lowest BCUT2D eigenvalue weighted by Crippen LogP contribution is -2.34. The maximum absolute atomic E-state index is 13.0. The molecule has 5 nitrogen and oxygen atoms in total. The summed E-state index contributed by atoms with van der Waals surface area (Å²) in [6, 6.07) is 26.1. The highest BCUT2D eigenvalue weighted by molar-refractivity contribution is 6.02. The van der Waals surface area contributed by atoms with Crippen LogP contribution in [-0.4, -0.2) is 22.5 Å². The minimum atomic E-state index is -0.581. The maximum Gasteiger partial charge on any atom is 0.418 e. The normalized spacial score (nSPS) is 18.9. The molecule has 0 unspecified atom stereocenters. The van der Waals surface area contributed by atoms with E-state index < -0.39 is 23.6 Å². The van der Waals surface area contributed by atoms with Crippen LogP contribution in [0, 0.1) is 0 Å². The molecule has 1 atom stereocenters. The number of nitrogens with zero attached hydrogens (tertiary/aromatic N) is 1. The zero-order valence-electron chi connectivity index (χ0n) is 16.8. The molecule has 2 fully saturated rings. The third-order valence-electron chi connectivity index (χ3n) is 5.59. The topological polar surface area (TPSA) is 55.8 Å². The summed E-state index contributed by atoms with van der Waals surface area (Å²) in [7, 11) is 0. The van der Waals surface area contributed by atoms with E-state index in [4.69, 9.17) is 9.47 Å². The van der Waals surface area contributed by atoms with Crippen molar-refractivity contribution in [3.63, 3.8) is 0 Å². The molecule has 1 aliphatic heterocycles. The van der Waals surface area contributed by atoms with Crippen molar-refractivity contribution in [2.75, 3.05) is 0 Å². The van der Waals surface area contributed by atoms with Crippen LogP contribution >= 0.6 is 0 Å². The number of carbonyl (C=O) groups excluding carboxylic acids is 2. The van der Waals surface area contributed by atoms with Gasteiger partial charge in [0.15, 0.2) is 0 Å². The number of hydrogen-bond acceptors (Lipinski definition) is 4. The van der Waals surface area contributed by atoms with E-state index in [9.17, 15) is 9.59 Å². The molecule has 3 aromatic carbocycles. The van der Waals surface area contributed by atoms with Crippen molar-refractivity contribution >= 4 is 18.1 Å². The first-order chi connectivity index (χ1) is 15.1. The van der Waals surface area contributed by atoms with E-state index in [0.29, 0.717) is 5.75 Å². The Morgan fingerprint density at radius 3 is 2.32 bits per heavy atom. The third kappa shape index (κ3) is 3.82. The van der Waals surface area contributed by atoms with E-state index in [1.807, 2.05) is 84.9 Å². The third-order valence-corrected chi connectivity index (χ3v) is 5.59. The number of hydrogen-bond donors (Lipinski definition) is 0. The van der Waals surface area contributed by atoms with E-state index in [-0.39, 0.29) is 0 Å². The minimum Gasteiger partial charge on any atom is -0.457 e. The summed E-state index contributed by atoms with van der Waals surface area (Å²) in [5.74, 6) is 1.01. The van der Waals surface area contributed by atoms with Crippen molar-refractivity contribution in [2.24, 2.45) is 0 Å². The largest absolute Gasteiger partial charge is 0.457 e. The number of amides is 2. The van der Waals surface area contributed by atoms with E-state index >= 15 is 0 Å². The summed E-state index contributed by atoms with van der Waals surface area (Å²) >= 11 is 0. The molecule has 31 heavy (non-hydrogen) atoms. The van der Waals surface area contributed by atoms with Crippen LogP contribution in [0.5, 0.6) is 11.5 Å². The van der Waals surface area contributed by atoms with Crippen molar-refractivity contribution in [1.82, 2.24) is 4.90 Å². The summed E-state index contributed by atoms with van der Waals surface area (Å²) in [5, 5.41) is 0. The Kier molecular flexibility index (Phi) is 4.79. The Labute approximate surface area is 180 Å². The number of carbonyl (C=O) groups is 2. The molecule has 2 aliphatic rings. The van der Waals surface area contributed by atoms with Gasteiger partial charge in [-0.3, -0.25) is 4.79 Å². The molecular formula is C26H21NO4. The zero-order chi connectivity index (χ0) is 21.3. The first-order valence-corrected chi connectivity index (χ1v) is 10.3. The molecule has 0 aromatic heterocycles. The van der Waals surface area contributed by atoms with Gasteiger partial charge in [-0.1, -0.05) is 60.7 Å². The van der Waals surface area contributed by atoms with Gasteiger partial charge in [0.25, 0.3) is 5.91 Å². The number of imide groups is 1. The first-order valence-electron chi connectivity index (χ1n) is 10.3. The van der Waals surface area contributed by atoms with E-state index in [2.05, 4.69) is 0 Å². The van der Waals surface area contributed by atoms with Gasteiger partial charge in [0.2, 0.25) is 0 Å². The molecule has 1 saturated heterocycles. The van der Waals surface area contributed by atoms with E-state index in [1.165, 1.54) is 11.0 Å². The second kappa shape index (κ2) is 7.76. The lowest BCUT2D eigenvalue weighted by atomic mass is 9.99. The standard InChI is InChI=1S/C26H21NO4/c28-23(15-14-19-8-7-13-22(18-19)30-21-11-5-2-6-12-21)27-24(20-9-3-1-4-10-20)26(16-17-26)31-25(27)29/h1-15,18,24H,16-17H2/b15-14+/t24-/m1/s1. The van der Waals surface area contributed by atoms with E-state index in [0.717, 1.165) is 29.7 Å². The Hall–Kier alpha value is -3.86. The van der Waals surface area contributed by atoms with Crippen molar-refractivity contribution in [3.8, 4) is 11.5 Å². The molecule has 154 valence electrons. The Morgan fingerprint density at radius 1 is 0.935 bits per heavy atom. The van der Waals surface area contributed by atoms with Gasteiger partial charge < -0.3 is 9.47 Å². The Balaban J connectivity index is 1.36. The predicted molar refractivity (Wildman–Crippen MR) is 116 cm³/mol. The summed E-state index contributed by atoms with van der Waals surface area (Å²) in [6.07, 6.45) is 4.06. The van der Waals surface area contributed by atoms with Gasteiger partial charge in [-0.2, -0.15) is 0 Å². The fourth-order valence-electron chi connectivity index (χ4n) is 3.98. The molecule has 0 N–H and O–H groups in total. The fraction of sp³-hybridized carbons (Fsp3) is 0.154. The molecule has 5 heteroatoms. The van der Waals surface area contributed by atoms with Gasteiger partial charge in [0.1, 0.15) is 23.1 Å². The van der Waals surface area contributed by atoms with Crippen molar-refractivity contribution in [2.45, 2.75) is 24.5 Å². The quantitative estimate of drug-likeness (QED) is 0.502. The lowest BCUT2D eigenvalue weighted by molar-refractivity contribution is -0.124. The van der Waals surface area contributed by atoms with Crippen LogP contribution in [0.15, 0.2) is 91.0 Å². The number of para-hydroxylation sites is 1. The maximum atomic E-state index is 13.0. The van der Waals surface area contributed by atoms with Crippen LogP contribution in [0.1, 0.15) is 30.0 Å². The van der Waals surface area contributed by atoms with Crippen LogP contribution in [0.25, 0.3) is 6.08 Å². The summed E-state index contributed by atoms with van der Waals surface area (Å²) in [6.45, 7) is 0. The highest BCUT2D eigenvalue weighted by Crippen LogP contribution is 2.56. The molecular weight excluding hydrogens is 390 g/mol. The SMILES string of the molecule is O=C(/C=C/c1cccc(Oc2ccccc2)c1)N1C(=O)OC2(CC2)[C@H]1c1ccccc1. The minimum absolute atomic E-state index is 0.392. The monoisotopic (exact) mass is 411 g/mol. The second-order valence-corrected chi connectivity index (χ2v) is 7.78. The smallest absolute Gasteiger partial charge is 0.418 e.